The summed E-state index contributed by atoms with van der Waals surface area (Å²) in [5.41, 5.74) is 0.850. The molecule has 0 aromatic heterocycles. The normalized spacial score (nSPS) is 9.27. The van der Waals surface area contributed by atoms with Crippen LogP contribution in [0.4, 0.5) is 0 Å². The molecule has 0 spiro atoms. The minimum Gasteiger partial charge on any atom is -0.426 e. The summed E-state index contributed by atoms with van der Waals surface area (Å²) in [4.78, 5) is 10.5. The van der Waals surface area contributed by atoms with Crippen LogP contribution in [-0.4, -0.2) is 5.97 Å². The van der Waals surface area contributed by atoms with Gasteiger partial charge in [0.25, 0.3) is 0 Å². The SMILES string of the molecule is CC(=O)Oc1ccc[c]c1C. The lowest BCUT2D eigenvalue weighted by Crippen LogP contribution is -2.02. The molecule has 2 heteroatoms. The standard InChI is InChI=1S/C9H9O2/c1-7-5-3-4-6-9(7)11-8(2)10/h3-4,6H,1-2H3. The van der Waals surface area contributed by atoms with Crippen LogP contribution in [0.15, 0.2) is 18.2 Å². The molecule has 0 bridgehead atoms. The fourth-order valence-corrected chi connectivity index (χ4v) is 0.770. The lowest BCUT2D eigenvalue weighted by molar-refractivity contribution is -0.131. The van der Waals surface area contributed by atoms with E-state index in [1.807, 2.05) is 6.92 Å². The van der Waals surface area contributed by atoms with Crippen molar-refractivity contribution < 1.29 is 9.53 Å². The molecule has 0 unspecified atom stereocenters. The van der Waals surface area contributed by atoms with Crippen LogP contribution in [0.25, 0.3) is 0 Å². The maximum absolute atomic E-state index is 10.5. The van der Waals surface area contributed by atoms with Crippen LogP contribution >= 0.6 is 0 Å². The molecule has 2 nitrogen and oxygen atoms in total. The maximum atomic E-state index is 10.5. The first kappa shape index (κ1) is 7.79. The van der Waals surface area contributed by atoms with E-state index in [1.54, 1.807) is 18.2 Å². The van der Waals surface area contributed by atoms with E-state index in [-0.39, 0.29) is 5.97 Å². The van der Waals surface area contributed by atoms with Gasteiger partial charge in [-0.05, 0) is 24.6 Å². The van der Waals surface area contributed by atoms with E-state index in [0.29, 0.717) is 5.75 Å². The molecule has 0 N–H and O–H groups in total. The smallest absolute Gasteiger partial charge is 0.308 e. The molecule has 0 fully saturated rings. The quantitative estimate of drug-likeness (QED) is 0.449. The lowest BCUT2D eigenvalue weighted by atomic mass is 10.2. The number of esters is 1. The summed E-state index contributed by atoms with van der Waals surface area (Å²) in [5, 5.41) is 0. The summed E-state index contributed by atoms with van der Waals surface area (Å²) in [6.07, 6.45) is 0. The second kappa shape index (κ2) is 3.19. The number of hydrogen-bond donors (Lipinski definition) is 0. The van der Waals surface area contributed by atoms with Gasteiger partial charge in [-0.15, -0.1) is 0 Å². The summed E-state index contributed by atoms with van der Waals surface area (Å²) in [6, 6.07) is 8.23. The minimum atomic E-state index is -0.298. The lowest BCUT2D eigenvalue weighted by Gasteiger charge is -2.02. The Morgan fingerprint density at radius 1 is 1.64 bits per heavy atom. The van der Waals surface area contributed by atoms with E-state index < -0.39 is 0 Å². The van der Waals surface area contributed by atoms with Crippen LogP contribution in [0, 0.1) is 13.0 Å². The highest BCUT2D eigenvalue weighted by atomic mass is 16.5. The molecule has 1 aromatic carbocycles. The molecule has 0 saturated heterocycles. The van der Waals surface area contributed by atoms with Crippen LogP contribution < -0.4 is 4.74 Å². The Balaban J connectivity index is 2.86. The third kappa shape index (κ3) is 2.08. The number of benzene rings is 1. The van der Waals surface area contributed by atoms with Crippen molar-refractivity contribution >= 4 is 5.97 Å². The van der Waals surface area contributed by atoms with Crippen molar-refractivity contribution in [3.63, 3.8) is 0 Å². The molecule has 0 aliphatic heterocycles. The molecule has 57 valence electrons. The van der Waals surface area contributed by atoms with Gasteiger partial charge >= 0.3 is 5.97 Å². The first-order valence-corrected chi connectivity index (χ1v) is 3.36. The highest BCUT2D eigenvalue weighted by Gasteiger charge is 1.99. The second-order valence-electron chi connectivity index (χ2n) is 2.25. The summed E-state index contributed by atoms with van der Waals surface area (Å²) in [6.45, 7) is 3.23. The van der Waals surface area contributed by atoms with Gasteiger partial charge in [0.15, 0.2) is 0 Å². The Labute approximate surface area is 65.8 Å². The zero-order valence-corrected chi connectivity index (χ0v) is 6.55. The van der Waals surface area contributed by atoms with Gasteiger partial charge in [0.2, 0.25) is 0 Å². The molecule has 1 radical (unpaired) electrons. The zero-order valence-electron chi connectivity index (χ0n) is 6.55. The van der Waals surface area contributed by atoms with E-state index in [1.165, 1.54) is 6.92 Å². The van der Waals surface area contributed by atoms with Gasteiger partial charge in [0.05, 0.1) is 0 Å². The van der Waals surface area contributed by atoms with Gasteiger partial charge < -0.3 is 4.74 Å². The summed E-state index contributed by atoms with van der Waals surface area (Å²) < 4.78 is 4.87. The van der Waals surface area contributed by atoms with Gasteiger partial charge in [0.1, 0.15) is 5.75 Å². The van der Waals surface area contributed by atoms with Gasteiger partial charge in [-0.2, -0.15) is 0 Å². The molecule has 1 aromatic rings. The van der Waals surface area contributed by atoms with E-state index in [2.05, 4.69) is 6.07 Å². The van der Waals surface area contributed by atoms with E-state index in [4.69, 9.17) is 4.74 Å². The first-order chi connectivity index (χ1) is 5.20. The predicted molar refractivity (Wildman–Crippen MR) is 41.3 cm³/mol. The molecule has 1 rings (SSSR count). The van der Waals surface area contributed by atoms with Crippen molar-refractivity contribution in [1.29, 1.82) is 0 Å². The van der Waals surface area contributed by atoms with Crippen LogP contribution in [0.3, 0.4) is 0 Å². The van der Waals surface area contributed by atoms with Gasteiger partial charge in [-0.3, -0.25) is 4.79 Å². The topological polar surface area (TPSA) is 26.3 Å². The number of carbonyl (C=O) groups excluding carboxylic acids is 1. The Morgan fingerprint density at radius 2 is 2.36 bits per heavy atom. The average molecular weight is 149 g/mol. The Bertz CT molecular complexity index is 266. The molecular weight excluding hydrogens is 140 g/mol. The van der Waals surface area contributed by atoms with Crippen molar-refractivity contribution in [3.05, 3.63) is 29.8 Å². The van der Waals surface area contributed by atoms with Crippen molar-refractivity contribution in [1.82, 2.24) is 0 Å². The van der Waals surface area contributed by atoms with Crippen LogP contribution in [0.5, 0.6) is 5.75 Å². The molecule has 0 aliphatic rings. The summed E-state index contributed by atoms with van der Waals surface area (Å²) in [5.74, 6) is 0.285. The highest BCUT2D eigenvalue weighted by molar-refractivity contribution is 5.69. The zero-order chi connectivity index (χ0) is 8.27. The minimum absolute atomic E-state index is 0.298. The van der Waals surface area contributed by atoms with Gasteiger partial charge in [-0.1, -0.05) is 12.1 Å². The fourth-order valence-electron chi connectivity index (χ4n) is 0.770. The molecule has 0 aliphatic carbocycles. The van der Waals surface area contributed by atoms with Crippen molar-refractivity contribution in [2.75, 3.05) is 0 Å². The number of hydrogen-bond acceptors (Lipinski definition) is 2. The van der Waals surface area contributed by atoms with Crippen molar-refractivity contribution in [2.45, 2.75) is 13.8 Å². The third-order valence-corrected chi connectivity index (χ3v) is 1.27. The number of carbonyl (C=O) groups is 1. The largest absolute Gasteiger partial charge is 0.426 e. The highest BCUT2D eigenvalue weighted by Crippen LogP contribution is 2.15. The third-order valence-electron chi connectivity index (χ3n) is 1.27. The summed E-state index contributed by atoms with van der Waals surface area (Å²) in [7, 11) is 0. The molecule has 11 heavy (non-hydrogen) atoms. The van der Waals surface area contributed by atoms with Crippen LogP contribution in [-0.2, 0) is 4.79 Å². The van der Waals surface area contributed by atoms with E-state index in [0.717, 1.165) is 5.56 Å². The molecule has 0 heterocycles. The second-order valence-corrected chi connectivity index (χ2v) is 2.25. The molecular formula is C9H9O2. The van der Waals surface area contributed by atoms with Gasteiger partial charge in [0, 0.05) is 6.92 Å². The summed E-state index contributed by atoms with van der Waals surface area (Å²) >= 11 is 0. The average Bonchev–Trinajstić information content (AvgIpc) is 1.93. The first-order valence-electron chi connectivity index (χ1n) is 3.36. The Kier molecular flexibility index (Phi) is 2.26. The Morgan fingerprint density at radius 3 is 2.91 bits per heavy atom. The number of rotatable bonds is 1. The predicted octanol–water partition coefficient (Wildman–Crippen LogP) is 1.72. The number of aryl methyl sites for hydroxylation is 1. The van der Waals surface area contributed by atoms with Gasteiger partial charge in [-0.25, -0.2) is 0 Å². The fraction of sp³-hybridized carbons (Fsp3) is 0.222. The Hall–Kier alpha value is -1.31. The maximum Gasteiger partial charge on any atom is 0.308 e. The van der Waals surface area contributed by atoms with Crippen molar-refractivity contribution in [2.24, 2.45) is 0 Å². The van der Waals surface area contributed by atoms with E-state index in [9.17, 15) is 4.79 Å². The van der Waals surface area contributed by atoms with Crippen molar-refractivity contribution in [3.8, 4) is 5.75 Å². The molecule has 0 saturated carbocycles. The van der Waals surface area contributed by atoms with Crippen LogP contribution in [0.2, 0.25) is 0 Å². The molecule has 0 atom stereocenters. The monoisotopic (exact) mass is 149 g/mol. The van der Waals surface area contributed by atoms with Crippen LogP contribution in [0.1, 0.15) is 12.5 Å². The number of ether oxygens (including phenoxy) is 1. The van der Waals surface area contributed by atoms with E-state index >= 15 is 0 Å². The molecule has 0 amide bonds.